The van der Waals surface area contributed by atoms with E-state index in [2.05, 4.69) is 33.4 Å². The number of aromatic nitrogens is 4. The Morgan fingerprint density at radius 2 is 2.19 bits per heavy atom. The largest absolute Gasteiger partial charge is 0.368 e. The van der Waals surface area contributed by atoms with Gasteiger partial charge in [0.05, 0.1) is 11.6 Å². The van der Waals surface area contributed by atoms with Crippen molar-refractivity contribution in [2.45, 2.75) is 26.8 Å². The molecule has 7 heteroatoms. The number of hydrogen-bond acceptors (Lipinski definition) is 6. The van der Waals surface area contributed by atoms with Crippen LogP contribution in [0.25, 0.3) is 10.2 Å². The van der Waals surface area contributed by atoms with Gasteiger partial charge in [-0.25, -0.2) is 4.98 Å². The average Bonchev–Trinajstić information content (AvgIpc) is 3.01. The number of nitrogens with one attached hydrogen (secondary N) is 1. The van der Waals surface area contributed by atoms with Crippen LogP contribution in [0.3, 0.4) is 0 Å². The standard InChI is InChI=1S/C14H18N6S/c1-4-10-5-11-12(18-14(15)19-13(11)21-10)16-6-9-7-17-20(3)8(9)2/h5,7H,4,6H2,1-3H3,(H3,15,16,18,19). The quantitative estimate of drug-likeness (QED) is 0.774. The van der Waals surface area contributed by atoms with Gasteiger partial charge in [0, 0.05) is 29.7 Å². The molecule has 0 fully saturated rings. The minimum Gasteiger partial charge on any atom is -0.368 e. The van der Waals surface area contributed by atoms with E-state index in [0.29, 0.717) is 12.5 Å². The number of nitrogen functional groups attached to an aromatic ring is 1. The number of hydrogen-bond donors (Lipinski definition) is 2. The number of fused-ring (bicyclic) bond motifs is 1. The summed E-state index contributed by atoms with van der Waals surface area (Å²) < 4.78 is 1.86. The summed E-state index contributed by atoms with van der Waals surface area (Å²) in [5, 5.41) is 8.64. The van der Waals surface area contributed by atoms with E-state index in [1.807, 2.05) is 24.9 Å². The zero-order chi connectivity index (χ0) is 15.0. The molecule has 0 saturated heterocycles. The van der Waals surface area contributed by atoms with Crippen LogP contribution in [-0.2, 0) is 20.0 Å². The Morgan fingerprint density at radius 3 is 2.86 bits per heavy atom. The maximum absolute atomic E-state index is 5.81. The third-order valence-corrected chi connectivity index (χ3v) is 4.77. The van der Waals surface area contributed by atoms with Gasteiger partial charge >= 0.3 is 0 Å². The van der Waals surface area contributed by atoms with Gasteiger partial charge in [-0.3, -0.25) is 4.68 Å². The highest BCUT2D eigenvalue weighted by atomic mass is 32.1. The molecule has 3 heterocycles. The average molecular weight is 302 g/mol. The lowest BCUT2D eigenvalue weighted by atomic mass is 10.2. The molecule has 0 aliphatic heterocycles. The first-order valence-electron chi connectivity index (χ1n) is 6.85. The highest BCUT2D eigenvalue weighted by Gasteiger charge is 2.11. The lowest BCUT2D eigenvalue weighted by molar-refractivity contribution is 0.738. The molecule has 0 unspecified atom stereocenters. The molecule has 6 nitrogen and oxygen atoms in total. The summed E-state index contributed by atoms with van der Waals surface area (Å²) in [7, 11) is 1.94. The van der Waals surface area contributed by atoms with E-state index in [1.54, 1.807) is 11.3 Å². The number of anilines is 2. The summed E-state index contributed by atoms with van der Waals surface area (Å²) >= 11 is 1.67. The molecule has 110 valence electrons. The second kappa shape index (κ2) is 5.33. The normalized spacial score (nSPS) is 11.2. The van der Waals surface area contributed by atoms with Crippen molar-refractivity contribution in [1.29, 1.82) is 0 Å². The van der Waals surface area contributed by atoms with Crippen molar-refractivity contribution in [3.63, 3.8) is 0 Å². The molecule has 0 saturated carbocycles. The molecule has 3 aromatic heterocycles. The summed E-state index contributed by atoms with van der Waals surface area (Å²) in [6.45, 7) is 4.85. The van der Waals surface area contributed by atoms with Gasteiger partial charge in [0.2, 0.25) is 5.95 Å². The molecule has 0 aromatic carbocycles. The van der Waals surface area contributed by atoms with Crippen LogP contribution in [0.5, 0.6) is 0 Å². The van der Waals surface area contributed by atoms with Crippen LogP contribution in [0.2, 0.25) is 0 Å². The Balaban J connectivity index is 1.92. The second-order valence-electron chi connectivity index (χ2n) is 4.95. The Hall–Kier alpha value is -2.15. The van der Waals surface area contributed by atoms with Gasteiger partial charge in [0.25, 0.3) is 0 Å². The topological polar surface area (TPSA) is 81.7 Å². The van der Waals surface area contributed by atoms with E-state index in [9.17, 15) is 0 Å². The van der Waals surface area contributed by atoms with E-state index in [-0.39, 0.29) is 0 Å². The molecule has 0 atom stereocenters. The Kier molecular flexibility index (Phi) is 3.50. The molecule has 3 rings (SSSR count). The van der Waals surface area contributed by atoms with Gasteiger partial charge in [0.15, 0.2) is 0 Å². The minimum absolute atomic E-state index is 0.303. The first-order valence-corrected chi connectivity index (χ1v) is 7.67. The maximum Gasteiger partial charge on any atom is 0.223 e. The third kappa shape index (κ3) is 2.56. The minimum atomic E-state index is 0.303. The fourth-order valence-corrected chi connectivity index (χ4v) is 3.17. The molecular formula is C14H18N6S. The van der Waals surface area contributed by atoms with Gasteiger partial charge in [-0.1, -0.05) is 6.92 Å². The Bertz CT molecular complexity index is 788. The molecule has 0 aliphatic carbocycles. The first kappa shape index (κ1) is 13.8. The summed E-state index contributed by atoms with van der Waals surface area (Å²) in [4.78, 5) is 10.9. The van der Waals surface area contributed by atoms with Crippen LogP contribution in [0.15, 0.2) is 12.3 Å². The molecule has 0 aliphatic rings. The van der Waals surface area contributed by atoms with Crippen molar-refractivity contribution in [1.82, 2.24) is 19.7 Å². The van der Waals surface area contributed by atoms with Crippen molar-refractivity contribution in [2.75, 3.05) is 11.1 Å². The van der Waals surface area contributed by atoms with Crippen molar-refractivity contribution in [2.24, 2.45) is 7.05 Å². The van der Waals surface area contributed by atoms with E-state index in [4.69, 9.17) is 5.73 Å². The van der Waals surface area contributed by atoms with Gasteiger partial charge in [-0.05, 0) is 19.4 Å². The zero-order valence-electron chi connectivity index (χ0n) is 12.3. The fraction of sp³-hybridized carbons (Fsp3) is 0.357. The molecule has 3 aromatic rings. The third-order valence-electron chi connectivity index (χ3n) is 3.59. The van der Waals surface area contributed by atoms with Crippen LogP contribution in [0.4, 0.5) is 11.8 Å². The van der Waals surface area contributed by atoms with Crippen LogP contribution in [0, 0.1) is 6.92 Å². The zero-order valence-corrected chi connectivity index (χ0v) is 13.2. The highest BCUT2D eigenvalue weighted by Crippen LogP contribution is 2.30. The number of rotatable bonds is 4. The summed E-state index contributed by atoms with van der Waals surface area (Å²) in [6.07, 6.45) is 2.86. The van der Waals surface area contributed by atoms with Crippen LogP contribution in [0.1, 0.15) is 23.1 Å². The van der Waals surface area contributed by atoms with Crippen molar-refractivity contribution in [3.05, 3.63) is 28.4 Å². The highest BCUT2D eigenvalue weighted by molar-refractivity contribution is 7.18. The van der Waals surface area contributed by atoms with E-state index >= 15 is 0 Å². The van der Waals surface area contributed by atoms with Crippen LogP contribution in [-0.4, -0.2) is 19.7 Å². The molecule has 21 heavy (non-hydrogen) atoms. The SMILES string of the molecule is CCc1cc2c(NCc3cnn(C)c3C)nc(N)nc2s1. The van der Waals surface area contributed by atoms with E-state index in [1.165, 1.54) is 4.88 Å². The summed E-state index contributed by atoms with van der Waals surface area (Å²) in [5.41, 5.74) is 8.09. The lowest BCUT2D eigenvalue weighted by Gasteiger charge is -2.07. The fourth-order valence-electron chi connectivity index (χ4n) is 2.19. The van der Waals surface area contributed by atoms with Crippen LogP contribution < -0.4 is 11.1 Å². The monoisotopic (exact) mass is 302 g/mol. The van der Waals surface area contributed by atoms with Crippen molar-refractivity contribution < 1.29 is 0 Å². The Labute approximate surface area is 127 Å². The number of thiophene rings is 1. The number of nitrogens with zero attached hydrogens (tertiary/aromatic N) is 4. The summed E-state index contributed by atoms with van der Waals surface area (Å²) in [5.74, 6) is 1.09. The molecule has 0 bridgehead atoms. The lowest BCUT2D eigenvalue weighted by Crippen LogP contribution is -2.05. The molecule has 0 amide bonds. The van der Waals surface area contributed by atoms with Gasteiger partial charge in [0.1, 0.15) is 10.6 Å². The van der Waals surface area contributed by atoms with E-state index in [0.717, 1.165) is 33.7 Å². The van der Waals surface area contributed by atoms with Gasteiger partial charge in [-0.2, -0.15) is 10.1 Å². The first-order chi connectivity index (χ1) is 10.1. The molecule has 0 radical (unpaired) electrons. The Morgan fingerprint density at radius 1 is 1.38 bits per heavy atom. The molecular weight excluding hydrogens is 284 g/mol. The maximum atomic E-state index is 5.81. The number of aryl methyl sites for hydroxylation is 2. The molecule has 3 N–H and O–H groups in total. The van der Waals surface area contributed by atoms with Crippen molar-refractivity contribution in [3.8, 4) is 0 Å². The predicted molar refractivity (Wildman–Crippen MR) is 86.5 cm³/mol. The van der Waals surface area contributed by atoms with Gasteiger partial charge in [-0.15, -0.1) is 11.3 Å². The van der Waals surface area contributed by atoms with Crippen molar-refractivity contribution >= 4 is 33.3 Å². The number of nitrogens with two attached hydrogens (primary N) is 1. The molecule has 0 spiro atoms. The van der Waals surface area contributed by atoms with E-state index < -0.39 is 0 Å². The summed E-state index contributed by atoms with van der Waals surface area (Å²) in [6, 6.07) is 2.14. The smallest absolute Gasteiger partial charge is 0.223 e. The van der Waals surface area contributed by atoms with Gasteiger partial charge < -0.3 is 11.1 Å². The van der Waals surface area contributed by atoms with Crippen LogP contribution >= 0.6 is 11.3 Å². The second-order valence-corrected chi connectivity index (χ2v) is 6.06. The predicted octanol–water partition coefficient (Wildman–Crippen LogP) is 2.49.